The van der Waals surface area contributed by atoms with Crippen LogP contribution in [0.2, 0.25) is 5.02 Å². The Morgan fingerprint density at radius 1 is 1.15 bits per heavy atom. The van der Waals surface area contributed by atoms with Crippen LogP contribution in [0.4, 0.5) is 5.69 Å². The molecule has 0 bridgehead atoms. The van der Waals surface area contributed by atoms with Gasteiger partial charge in [0.1, 0.15) is 5.75 Å². The van der Waals surface area contributed by atoms with Gasteiger partial charge in [-0.3, -0.25) is 0 Å². The highest BCUT2D eigenvalue weighted by molar-refractivity contribution is 7.90. The Labute approximate surface area is 160 Å². The molecular formula is C20H24ClNO3S. The summed E-state index contributed by atoms with van der Waals surface area (Å²) in [5.74, 6) is 1.13. The molecule has 1 atom stereocenters. The van der Waals surface area contributed by atoms with Gasteiger partial charge in [-0.15, -0.1) is 0 Å². The Kier molecular flexibility index (Phi) is 6.09. The van der Waals surface area contributed by atoms with E-state index in [0.29, 0.717) is 23.2 Å². The van der Waals surface area contributed by atoms with Crippen molar-refractivity contribution in [1.29, 1.82) is 0 Å². The van der Waals surface area contributed by atoms with Gasteiger partial charge in [0.15, 0.2) is 9.84 Å². The first kappa shape index (κ1) is 19.1. The van der Waals surface area contributed by atoms with E-state index < -0.39 is 9.84 Å². The van der Waals surface area contributed by atoms with Crippen LogP contribution in [0, 0.1) is 5.92 Å². The Hall–Kier alpha value is -1.72. The lowest BCUT2D eigenvalue weighted by atomic mass is 10.0. The zero-order valence-corrected chi connectivity index (χ0v) is 16.5. The van der Waals surface area contributed by atoms with Gasteiger partial charge in [-0.25, -0.2) is 8.42 Å². The normalized spacial score (nSPS) is 18.4. The van der Waals surface area contributed by atoms with Crippen molar-refractivity contribution in [2.75, 3.05) is 30.9 Å². The minimum absolute atomic E-state index is 0.312. The topological polar surface area (TPSA) is 46.6 Å². The molecule has 0 aromatic heterocycles. The van der Waals surface area contributed by atoms with Gasteiger partial charge >= 0.3 is 0 Å². The number of ether oxygens (including phenoxy) is 1. The van der Waals surface area contributed by atoms with E-state index in [-0.39, 0.29) is 0 Å². The minimum Gasteiger partial charge on any atom is -0.493 e. The second-order valence-electron chi connectivity index (χ2n) is 6.84. The summed E-state index contributed by atoms with van der Waals surface area (Å²) in [4.78, 5) is 2.69. The van der Waals surface area contributed by atoms with Crippen molar-refractivity contribution in [3.05, 3.63) is 53.6 Å². The molecule has 0 saturated carbocycles. The lowest BCUT2D eigenvalue weighted by Crippen LogP contribution is -2.30. The summed E-state index contributed by atoms with van der Waals surface area (Å²) >= 11 is 6.13. The van der Waals surface area contributed by atoms with E-state index in [1.54, 1.807) is 24.3 Å². The lowest BCUT2D eigenvalue weighted by Gasteiger charge is -2.26. The highest BCUT2D eigenvalue weighted by Crippen LogP contribution is 2.26. The maximum atomic E-state index is 11.5. The number of anilines is 1. The highest BCUT2D eigenvalue weighted by Gasteiger charge is 2.19. The average Bonchev–Trinajstić information content (AvgIpc) is 2.85. The largest absolute Gasteiger partial charge is 0.493 e. The van der Waals surface area contributed by atoms with Gasteiger partial charge in [-0.2, -0.15) is 0 Å². The predicted octanol–water partition coefficient (Wildman–Crippen LogP) is 4.43. The number of benzene rings is 2. The van der Waals surface area contributed by atoms with Crippen molar-refractivity contribution in [3.8, 4) is 5.75 Å². The summed E-state index contributed by atoms with van der Waals surface area (Å²) in [6.07, 6.45) is 4.67. The lowest BCUT2D eigenvalue weighted by molar-refractivity contribution is 0.245. The number of halogens is 1. The summed E-state index contributed by atoms with van der Waals surface area (Å²) < 4.78 is 29.0. The van der Waals surface area contributed by atoms with E-state index in [9.17, 15) is 8.42 Å². The summed E-state index contributed by atoms with van der Waals surface area (Å²) in [5.41, 5.74) is 1.15. The summed E-state index contributed by atoms with van der Waals surface area (Å²) in [7, 11) is -3.17. The van der Waals surface area contributed by atoms with Gasteiger partial charge in [-0.1, -0.05) is 24.1 Å². The van der Waals surface area contributed by atoms with Crippen LogP contribution >= 0.6 is 11.6 Å². The minimum atomic E-state index is -3.17. The first-order chi connectivity index (χ1) is 12.4. The maximum absolute atomic E-state index is 11.5. The number of hydrogen-bond donors (Lipinski definition) is 0. The Morgan fingerprint density at radius 2 is 1.92 bits per heavy atom. The average molecular weight is 394 g/mol. The molecule has 1 fully saturated rings. The van der Waals surface area contributed by atoms with Crippen LogP contribution in [0.25, 0.3) is 0 Å². The number of nitrogens with zero attached hydrogens (tertiary/aromatic N) is 1. The molecule has 0 N–H and O–H groups in total. The molecule has 140 valence electrons. The van der Waals surface area contributed by atoms with Crippen molar-refractivity contribution in [1.82, 2.24) is 0 Å². The van der Waals surface area contributed by atoms with E-state index >= 15 is 0 Å². The van der Waals surface area contributed by atoms with Gasteiger partial charge in [0.05, 0.1) is 11.5 Å². The summed E-state index contributed by atoms with van der Waals surface area (Å²) in [5, 5.41) is 0.755. The molecule has 0 spiro atoms. The molecule has 1 aliphatic rings. The van der Waals surface area contributed by atoms with Crippen molar-refractivity contribution in [2.45, 2.75) is 24.2 Å². The Morgan fingerprint density at radius 3 is 2.62 bits per heavy atom. The molecule has 0 radical (unpaired) electrons. The van der Waals surface area contributed by atoms with E-state index in [1.807, 2.05) is 18.2 Å². The molecule has 6 heteroatoms. The Bertz CT molecular complexity index is 836. The SMILES string of the molecule is CS(=O)(=O)c1ccc(OCC2CCCCN(c3cccc(Cl)c3)C2)cc1. The maximum Gasteiger partial charge on any atom is 0.175 e. The molecule has 2 aromatic rings. The predicted molar refractivity (Wildman–Crippen MR) is 106 cm³/mol. The molecule has 3 rings (SSSR count). The molecule has 4 nitrogen and oxygen atoms in total. The van der Waals surface area contributed by atoms with Crippen LogP contribution in [-0.2, 0) is 9.84 Å². The molecule has 0 amide bonds. The van der Waals surface area contributed by atoms with Gasteiger partial charge in [0.2, 0.25) is 0 Å². The second-order valence-corrected chi connectivity index (χ2v) is 9.29. The number of hydrogen-bond acceptors (Lipinski definition) is 4. The summed E-state index contributed by atoms with van der Waals surface area (Å²) in [6, 6.07) is 14.6. The van der Waals surface area contributed by atoms with Gasteiger partial charge in [-0.05, 0) is 55.3 Å². The summed E-state index contributed by atoms with van der Waals surface area (Å²) in [6.45, 7) is 2.58. The van der Waals surface area contributed by atoms with Crippen LogP contribution in [0.3, 0.4) is 0 Å². The fourth-order valence-corrected chi connectivity index (χ4v) is 4.09. The Balaban J connectivity index is 1.62. The molecule has 1 saturated heterocycles. The molecule has 1 heterocycles. The van der Waals surface area contributed by atoms with E-state index in [4.69, 9.17) is 16.3 Å². The molecule has 0 aliphatic carbocycles. The molecule has 1 aliphatic heterocycles. The monoisotopic (exact) mass is 393 g/mol. The third-order valence-electron chi connectivity index (χ3n) is 4.68. The third kappa shape index (κ3) is 5.15. The van der Waals surface area contributed by atoms with Crippen molar-refractivity contribution in [2.24, 2.45) is 5.92 Å². The quantitative estimate of drug-likeness (QED) is 0.753. The highest BCUT2D eigenvalue weighted by atomic mass is 35.5. The molecule has 1 unspecified atom stereocenters. The fraction of sp³-hybridized carbons (Fsp3) is 0.400. The zero-order chi connectivity index (χ0) is 18.6. The molecule has 26 heavy (non-hydrogen) atoms. The molecule has 2 aromatic carbocycles. The van der Waals surface area contributed by atoms with Crippen molar-refractivity contribution in [3.63, 3.8) is 0 Å². The van der Waals surface area contributed by atoms with E-state index in [2.05, 4.69) is 11.0 Å². The van der Waals surface area contributed by atoms with Crippen LogP contribution < -0.4 is 9.64 Å². The van der Waals surface area contributed by atoms with Crippen molar-refractivity contribution >= 4 is 27.1 Å². The standard InChI is InChI=1S/C20H24ClNO3S/c1-26(23,24)20-10-8-19(9-11-20)25-15-16-5-2-3-12-22(14-16)18-7-4-6-17(21)13-18/h4,6-11,13,16H,2-3,5,12,14-15H2,1H3. The number of rotatable bonds is 5. The van der Waals surface area contributed by atoms with Crippen molar-refractivity contribution < 1.29 is 13.2 Å². The fourth-order valence-electron chi connectivity index (χ4n) is 3.27. The van der Waals surface area contributed by atoms with Gasteiger partial charge in [0.25, 0.3) is 0 Å². The van der Waals surface area contributed by atoms with E-state index in [0.717, 1.165) is 36.6 Å². The smallest absolute Gasteiger partial charge is 0.175 e. The third-order valence-corrected chi connectivity index (χ3v) is 6.04. The van der Waals surface area contributed by atoms with Crippen LogP contribution in [0.5, 0.6) is 5.75 Å². The first-order valence-electron chi connectivity index (χ1n) is 8.85. The van der Waals surface area contributed by atoms with Gasteiger partial charge in [0, 0.05) is 36.0 Å². The zero-order valence-electron chi connectivity index (χ0n) is 14.9. The molecular weight excluding hydrogens is 370 g/mol. The first-order valence-corrected chi connectivity index (χ1v) is 11.1. The van der Waals surface area contributed by atoms with Crippen LogP contribution in [0.1, 0.15) is 19.3 Å². The van der Waals surface area contributed by atoms with Crippen LogP contribution in [-0.4, -0.2) is 34.4 Å². The second kappa shape index (κ2) is 8.31. The van der Waals surface area contributed by atoms with Crippen LogP contribution in [0.15, 0.2) is 53.4 Å². The van der Waals surface area contributed by atoms with E-state index in [1.165, 1.54) is 12.7 Å². The van der Waals surface area contributed by atoms with Gasteiger partial charge < -0.3 is 9.64 Å². The number of sulfone groups is 1.